The number of phenolic OH excluding ortho intramolecular Hbond substituents is 1. The van der Waals surface area contributed by atoms with E-state index in [0.717, 1.165) is 0 Å². The van der Waals surface area contributed by atoms with Crippen LogP contribution in [0.15, 0.2) is 24.3 Å². The van der Waals surface area contributed by atoms with Crippen LogP contribution in [-0.4, -0.2) is 45.9 Å². The Morgan fingerprint density at radius 2 is 1.57 bits per heavy atom. The fraction of sp³-hybridized carbons (Fsp3) is 0.467. The van der Waals surface area contributed by atoms with Crippen LogP contribution in [-0.2, 0) is 16.0 Å². The van der Waals surface area contributed by atoms with Crippen molar-refractivity contribution in [1.29, 1.82) is 0 Å². The molecule has 0 aromatic heterocycles. The van der Waals surface area contributed by atoms with Gasteiger partial charge in [-0.25, -0.2) is 10.9 Å². The molecule has 0 bridgehead atoms. The highest BCUT2D eigenvalue weighted by molar-refractivity contribution is 5.75. The van der Waals surface area contributed by atoms with Gasteiger partial charge in [0, 0.05) is 0 Å². The largest absolute Gasteiger partial charge is 0.508 e. The predicted molar refractivity (Wildman–Crippen MR) is 83.8 cm³/mol. The van der Waals surface area contributed by atoms with Gasteiger partial charge in [-0.15, -0.1) is 0 Å². The van der Waals surface area contributed by atoms with Crippen LogP contribution in [0.3, 0.4) is 0 Å². The lowest BCUT2D eigenvalue weighted by Gasteiger charge is -2.20. The maximum absolute atomic E-state index is 11.3. The Morgan fingerprint density at radius 1 is 1.00 bits per heavy atom. The molecule has 1 aromatic rings. The van der Waals surface area contributed by atoms with E-state index in [1.807, 2.05) is 0 Å². The standard InChI is InChI=1S/C15H23N3O5/c16-8-2-1-3-12(14(20)21)17-18-13(15(22)23)9-10-4-6-11(19)7-5-10/h4-7,12-13,17-19H,1-3,8-9,16H2,(H,20,21)(H,22,23)/t12-,13-/m0/s1. The highest BCUT2D eigenvalue weighted by Crippen LogP contribution is 2.11. The number of aliphatic carboxylic acids is 2. The second-order valence-electron chi connectivity index (χ2n) is 5.23. The van der Waals surface area contributed by atoms with Gasteiger partial charge in [-0.05, 0) is 49.9 Å². The number of hydrazine groups is 1. The van der Waals surface area contributed by atoms with Crippen molar-refractivity contribution in [3.8, 4) is 5.75 Å². The maximum atomic E-state index is 11.3. The van der Waals surface area contributed by atoms with Gasteiger partial charge in [-0.3, -0.25) is 9.59 Å². The quantitative estimate of drug-likeness (QED) is 0.247. The smallest absolute Gasteiger partial charge is 0.322 e. The van der Waals surface area contributed by atoms with Crippen molar-refractivity contribution in [3.05, 3.63) is 29.8 Å². The zero-order valence-corrected chi connectivity index (χ0v) is 12.7. The summed E-state index contributed by atoms with van der Waals surface area (Å²) in [6.45, 7) is 0.484. The second kappa shape index (κ2) is 9.78. The highest BCUT2D eigenvalue weighted by atomic mass is 16.4. The summed E-state index contributed by atoms with van der Waals surface area (Å²) in [6.07, 6.45) is 1.85. The third-order valence-electron chi connectivity index (χ3n) is 3.35. The number of carboxylic acid groups (broad SMARTS) is 2. The highest BCUT2D eigenvalue weighted by Gasteiger charge is 2.22. The number of carbonyl (C=O) groups is 2. The third kappa shape index (κ3) is 7.09. The number of carboxylic acids is 2. The zero-order chi connectivity index (χ0) is 17.2. The molecule has 0 unspecified atom stereocenters. The lowest BCUT2D eigenvalue weighted by molar-refractivity contribution is -0.143. The van der Waals surface area contributed by atoms with Crippen molar-refractivity contribution in [3.63, 3.8) is 0 Å². The first kappa shape index (κ1) is 18.9. The lowest BCUT2D eigenvalue weighted by atomic mass is 10.1. The number of nitrogens with two attached hydrogens (primary N) is 1. The van der Waals surface area contributed by atoms with Crippen LogP contribution in [0.5, 0.6) is 5.75 Å². The van der Waals surface area contributed by atoms with Gasteiger partial charge >= 0.3 is 11.9 Å². The Bertz CT molecular complexity index is 506. The molecule has 8 nitrogen and oxygen atoms in total. The number of rotatable bonds is 11. The Kier molecular flexibility index (Phi) is 8.03. The Labute approximate surface area is 134 Å². The van der Waals surface area contributed by atoms with Gasteiger partial charge in [0.1, 0.15) is 17.8 Å². The molecule has 2 atom stereocenters. The lowest BCUT2D eigenvalue weighted by Crippen LogP contribution is -2.53. The van der Waals surface area contributed by atoms with Gasteiger partial charge in [-0.1, -0.05) is 12.1 Å². The number of hydrogen-bond donors (Lipinski definition) is 6. The van der Waals surface area contributed by atoms with E-state index < -0.39 is 24.0 Å². The van der Waals surface area contributed by atoms with E-state index in [1.165, 1.54) is 12.1 Å². The van der Waals surface area contributed by atoms with Gasteiger partial charge in [-0.2, -0.15) is 0 Å². The SMILES string of the molecule is NCCCC[C@H](NN[C@@H](Cc1ccc(O)cc1)C(=O)O)C(=O)O. The average Bonchev–Trinajstić information content (AvgIpc) is 2.50. The van der Waals surface area contributed by atoms with E-state index in [0.29, 0.717) is 31.4 Å². The predicted octanol–water partition coefficient (Wildman–Crippen LogP) is 0.0643. The normalized spacial score (nSPS) is 13.4. The molecule has 0 aliphatic rings. The van der Waals surface area contributed by atoms with Crippen LogP contribution in [0.1, 0.15) is 24.8 Å². The summed E-state index contributed by atoms with van der Waals surface area (Å²) >= 11 is 0. The minimum atomic E-state index is -1.10. The van der Waals surface area contributed by atoms with Crippen LogP contribution in [0.4, 0.5) is 0 Å². The Balaban J connectivity index is 2.58. The molecule has 0 amide bonds. The first-order chi connectivity index (χ1) is 10.9. The van der Waals surface area contributed by atoms with E-state index >= 15 is 0 Å². The van der Waals surface area contributed by atoms with Crippen LogP contribution in [0.2, 0.25) is 0 Å². The molecule has 0 fully saturated rings. The van der Waals surface area contributed by atoms with Crippen molar-refractivity contribution < 1.29 is 24.9 Å². The number of benzene rings is 1. The summed E-state index contributed by atoms with van der Waals surface area (Å²) in [5, 5.41) is 27.6. The van der Waals surface area contributed by atoms with Crippen LogP contribution in [0, 0.1) is 0 Å². The summed E-state index contributed by atoms with van der Waals surface area (Å²) in [6, 6.07) is 4.29. The average molecular weight is 325 g/mol. The second-order valence-corrected chi connectivity index (χ2v) is 5.23. The van der Waals surface area contributed by atoms with Gasteiger partial charge in [0.2, 0.25) is 0 Å². The molecule has 0 aliphatic heterocycles. The third-order valence-corrected chi connectivity index (χ3v) is 3.35. The van der Waals surface area contributed by atoms with Crippen LogP contribution in [0.25, 0.3) is 0 Å². The first-order valence-electron chi connectivity index (χ1n) is 7.38. The molecule has 7 N–H and O–H groups in total. The number of unbranched alkanes of at least 4 members (excludes halogenated alkanes) is 1. The van der Waals surface area contributed by atoms with Gasteiger partial charge in [0.05, 0.1) is 0 Å². The van der Waals surface area contributed by atoms with E-state index in [1.54, 1.807) is 12.1 Å². The molecule has 0 saturated carbocycles. The van der Waals surface area contributed by atoms with Crippen LogP contribution < -0.4 is 16.6 Å². The minimum Gasteiger partial charge on any atom is -0.508 e. The Hall–Kier alpha value is -2.16. The summed E-state index contributed by atoms with van der Waals surface area (Å²) in [7, 11) is 0. The van der Waals surface area contributed by atoms with E-state index in [2.05, 4.69) is 10.9 Å². The molecule has 1 rings (SSSR count). The molecule has 23 heavy (non-hydrogen) atoms. The molecule has 0 heterocycles. The van der Waals surface area contributed by atoms with Crippen molar-refractivity contribution in [1.82, 2.24) is 10.9 Å². The fourth-order valence-electron chi connectivity index (χ4n) is 2.02. The fourth-order valence-corrected chi connectivity index (χ4v) is 2.02. The van der Waals surface area contributed by atoms with Crippen molar-refractivity contribution in [2.24, 2.45) is 5.73 Å². The molecule has 0 aliphatic carbocycles. The van der Waals surface area contributed by atoms with Crippen molar-refractivity contribution in [2.75, 3.05) is 6.54 Å². The molecule has 128 valence electrons. The van der Waals surface area contributed by atoms with E-state index in [4.69, 9.17) is 10.8 Å². The molecule has 0 saturated heterocycles. The van der Waals surface area contributed by atoms with Gasteiger partial charge < -0.3 is 21.1 Å². The summed E-state index contributed by atoms with van der Waals surface area (Å²) < 4.78 is 0. The van der Waals surface area contributed by atoms with Gasteiger partial charge in [0.15, 0.2) is 0 Å². The van der Waals surface area contributed by atoms with Crippen molar-refractivity contribution in [2.45, 2.75) is 37.8 Å². The number of nitrogens with one attached hydrogen (secondary N) is 2. The maximum Gasteiger partial charge on any atom is 0.322 e. The number of phenols is 1. The van der Waals surface area contributed by atoms with Crippen molar-refractivity contribution >= 4 is 11.9 Å². The molecule has 0 spiro atoms. The topological polar surface area (TPSA) is 145 Å². The van der Waals surface area contributed by atoms with Gasteiger partial charge in [0.25, 0.3) is 0 Å². The van der Waals surface area contributed by atoms with Crippen LogP contribution >= 0.6 is 0 Å². The zero-order valence-electron chi connectivity index (χ0n) is 12.7. The summed E-state index contributed by atoms with van der Waals surface area (Å²) in [4.78, 5) is 22.5. The number of hydrogen-bond acceptors (Lipinski definition) is 6. The van der Waals surface area contributed by atoms with E-state index in [9.17, 15) is 19.8 Å². The first-order valence-corrected chi connectivity index (χ1v) is 7.38. The monoisotopic (exact) mass is 325 g/mol. The van der Waals surface area contributed by atoms with E-state index in [-0.39, 0.29) is 12.2 Å². The molecular formula is C15H23N3O5. The molecular weight excluding hydrogens is 302 g/mol. The molecule has 0 radical (unpaired) electrons. The molecule has 8 heteroatoms. The Morgan fingerprint density at radius 3 is 2.09 bits per heavy atom. The molecule has 1 aromatic carbocycles. The summed E-state index contributed by atoms with van der Waals surface area (Å²) in [5.74, 6) is -2.06. The number of aromatic hydroxyl groups is 1. The minimum absolute atomic E-state index is 0.0950. The summed E-state index contributed by atoms with van der Waals surface area (Å²) in [5.41, 5.74) is 11.2.